The zero-order chi connectivity index (χ0) is 15.5. The topological polar surface area (TPSA) is 94.1 Å². The first-order chi connectivity index (χ1) is 10.7. The van der Waals surface area contributed by atoms with E-state index in [0.29, 0.717) is 17.1 Å². The van der Waals surface area contributed by atoms with Gasteiger partial charge in [0.1, 0.15) is 0 Å². The number of aliphatic hydroxyl groups is 1. The van der Waals surface area contributed by atoms with E-state index in [1.807, 2.05) is 6.07 Å². The first-order valence-corrected chi connectivity index (χ1v) is 6.54. The number of aromatic nitrogens is 3. The molecule has 110 valence electrons. The Kier molecular flexibility index (Phi) is 3.63. The monoisotopic (exact) mass is 296 g/mol. The van der Waals surface area contributed by atoms with Crippen molar-refractivity contribution in [1.82, 2.24) is 14.8 Å². The Bertz CT molecular complexity index is 797. The minimum Gasteiger partial charge on any atom is -0.390 e. The lowest BCUT2D eigenvalue weighted by atomic mass is 10.2. The van der Waals surface area contributed by atoms with E-state index >= 15 is 0 Å². The van der Waals surface area contributed by atoms with Gasteiger partial charge in [0.2, 0.25) is 0 Å². The summed E-state index contributed by atoms with van der Waals surface area (Å²) in [7, 11) is 0. The number of non-ortho nitro benzene ring substituents is 1. The van der Waals surface area contributed by atoms with Crippen molar-refractivity contribution < 1.29 is 10.0 Å². The molecule has 0 saturated heterocycles. The molecule has 0 atom stereocenters. The van der Waals surface area contributed by atoms with Crippen LogP contribution in [0.2, 0.25) is 0 Å². The van der Waals surface area contributed by atoms with E-state index in [2.05, 4.69) is 10.1 Å². The van der Waals surface area contributed by atoms with Crippen LogP contribution < -0.4 is 0 Å². The normalized spacial score (nSPS) is 10.6. The summed E-state index contributed by atoms with van der Waals surface area (Å²) in [5.41, 5.74) is 2.75. The third kappa shape index (κ3) is 2.57. The smallest absolute Gasteiger partial charge is 0.269 e. The third-order valence-corrected chi connectivity index (χ3v) is 3.21. The van der Waals surface area contributed by atoms with Crippen molar-refractivity contribution in [1.29, 1.82) is 0 Å². The Labute approximate surface area is 125 Å². The molecule has 22 heavy (non-hydrogen) atoms. The van der Waals surface area contributed by atoms with Gasteiger partial charge in [0.15, 0.2) is 0 Å². The third-order valence-electron chi connectivity index (χ3n) is 3.21. The van der Waals surface area contributed by atoms with E-state index in [9.17, 15) is 15.2 Å². The predicted octanol–water partition coefficient (Wildman–Crippen LogP) is 2.33. The zero-order valence-electron chi connectivity index (χ0n) is 11.5. The Hall–Kier alpha value is -3.06. The molecule has 1 aromatic carbocycles. The summed E-state index contributed by atoms with van der Waals surface area (Å²) in [6.45, 7) is -0.190. The van der Waals surface area contributed by atoms with Gasteiger partial charge in [0.25, 0.3) is 5.69 Å². The van der Waals surface area contributed by atoms with Crippen LogP contribution in [0, 0.1) is 10.1 Å². The minimum absolute atomic E-state index is 0.00828. The number of hydrogen-bond acceptors (Lipinski definition) is 5. The molecule has 0 spiro atoms. The molecule has 0 amide bonds. The Morgan fingerprint density at radius 3 is 2.59 bits per heavy atom. The lowest BCUT2D eigenvalue weighted by Gasteiger charge is -2.04. The summed E-state index contributed by atoms with van der Waals surface area (Å²) < 4.78 is 1.56. The molecule has 0 aliphatic carbocycles. The van der Waals surface area contributed by atoms with Crippen LogP contribution >= 0.6 is 0 Å². The molecule has 0 aliphatic heterocycles. The summed E-state index contributed by atoms with van der Waals surface area (Å²) >= 11 is 0. The fourth-order valence-electron chi connectivity index (χ4n) is 2.13. The van der Waals surface area contributed by atoms with E-state index in [-0.39, 0.29) is 12.3 Å². The van der Waals surface area contributed by atoms with E-state index in [1.165, 1.54) is 12.1 Å². The summed E-state index contributed by atoms with van der Waals surface area (Å²) in [6, 6.07) is 11.4. The molecular weight excluding hydrogens is 284 g/mol. The quantitative estimate of drug-likeness (QED) is 0.589. The van der Waals surface area contributed by atoms with Crippen LogP contribution in [0.15, 0.2) is 54.9 Å². The largest absolute Gasteiger partial charge is 0.390 e. The molecule has 7 heteroatoms. The van der Waals surface area contributed by atoms with Gasteiger partial charge in [0, 0.05) is 30.1 Å². The lowest BCUT2D eigenvalue weighted by molar-refractivity contribution is -0.384. The fraction of sp³-hybridized carbons (Fsp3) is 0.0667. The molecule has 3 rings (SSSR count). The highest BCUT2D eigenvalue weighted by Gasteiger charge is 2.12. The summed E-state index contributed by atoms with van der Waals surface area (Å²) in [5, 5.41) is 24.6. The van der Waals surface area contributed by atoms with Crippen LogP contribution in [0.4, 0.5) is 5.69 Å². The molecule has 0 fully saturated rings. The molecule has 7 nitrogen and oxygen atoms in total. The van der Waals surface area contributed by atoms with Gasteiger partial charge in [-0.3, -0.25) is 15.1 Å². The first kappa shape index (κ1) is 13.9. The number of pyridine rings is 1. The second-order valence-electron chi connectivity index (χ2n) is 4.61. The number of aliphatic hydroxyl groups excluding tert-OH is 1. The molecule has 1 N–H and O–H groups in total. The van der Waals surface area contributed by atoms with Crippen LogP contribution in [0.25, 0.3) is 16.9 Å². The Morgan fingerprint density at radius 2 is 2.00 bits per heavy atom. The fourth-order valence-corrected chi connectivity index (χ4v) is 2.13. The highest BCUT2D eigenvalue weighted by atomic mass is 16.6. The van der Waals surface area contributed by atoms with Crippen molar-refractivity contribution in [3.05, 3.63) is 70.7 Å². The molecule has 3 aromatic rings. The lowest BCUT2D eigenvalue weighted by Crippen LogP contribution is -2.02. The number of nitro benzene ring substituents is 1. The number of nitrogens with zero attached hydrogens (tertiary/aromatic N) is 4. The highest BCUT2D eigenvalue weighted by Crippen LogP contribution is 2.22. The van der Waals surface area contributed by atoms with Crippen molar-refractivity contribution >= 4 is 5.69 Å². The van der Waals surface area contributed by atoms with Gasteiger partial charge in [0.05, 0.1) is 28.6 Å². The van der Waals surface area contributed by atoms with Crippen LogP contribution in [0.5, 0.6) is 0 Å². The Balaban J connectivity index is 2.03. The summed E-state index contributed by atoms with van der Waals surface area (Å²) in [5.74, 6) is 0. The van der Waals surface area contributed by atoms with Gasteiger partial charge in [-0.25, -0.2) is 4.68 Å². The van der Waals surface area contributed by atoms with Crippen molar-refractivity contribution in [2.75, 3.05) is 0 Å². The van der Waals surface area contributed by atoms with Crippen LogP contribution in [0.3, 0.4) is 0 Å². The molecule has 0 aliphatic rings. The SMILES string of the molecule is O=[N+]([O-])c1ccc(-n2nc(-c3cccnc3)cc2CO)cc1. The maximum atomic E-state index is 10.7. The summed E-state index contributed by atoms with van der Waals surface area (Å²) in [6.07, 6.45) is 3.35. The number of rotatable bonds is 4. The zero-order valence-corrected chi connectivity index (χ0v) is 11.5. The van der Waals surface area contributed by atoms with Gasteiger partial charge in [-0.2, -0.15) is 5.10 Å². The molecule has 0 radical (unpaired) electrons. The van der Waals surface area contributed by atoms with Crippen molar-refractivity contribution in [3.8, 4) is 16.9 Å². The van der Waals surface area contributed by atoms with Crippen molar-refractivity contribution in [2.45, 2.75) is 6.61 Å². The molecular formula is C15H12N4O3. The van der Waals surface area contributed by atoms with E-state index in [1.54, 1.807) is 41.3 Å². The van der Waals surface area contributed by atoms with Gasteiger partial charge in [-0.1, -0.05) is 0 Å². The van der Waals surface area contributed by atoms with E-state index < -0.39 is 4.92 Å². The predicted molar refractivity (Wildman–Crippen MR) is 79.4 cm³/mol. The van der Waals surface area contributed by atoms with Crippen molar-refractivity contribution in [3.63, 3.8) is 0 Å². The highest BCUT2D eigenvalue weighted by molar-refractivity contribution is 5.59. The van der Waals surface area contributed by atoms with Crippen molar-refractivity contribution in [2.24, 2.45) is 0 Å². The van der Waals surface area contributed by atoms with Gasteiger partial charge in [-0.05, 0) is 30.3 Å². The molecule has 2 heterocycles. The van der Waals surface area contributed by atoms with E-state index in [4.69, 9.17) is 0 Å². The standard InChI is InChI=1S/C15H12N4O3/c20-10-14-8-15(11-2-1-7-16-9-11)17-18(14)12-3-5-13(6-4-12)19(21)22/h1-9,20H,10H2. The first-order valence-electron chi connectivity index (χ1n) is 6.54. The molecule has 2 aromatic heterocycles. The van der Waals surface area contributed by atoms with Crippen LogP contribution in [-0.2, 0) is 6.61 Å². The van der Waals surface area contributed by atoms with E-state index in [0.717, 1.165) is 5.56 Å². The van der Waals surface area contributed by atoms with Gasteiger partial charge < -0.3 is 5.11 Å². The maximum absolute atomic E-state index is 10.7. The second kappa shape index (κ2) is 5.74. The average Bonchev–Trinajstić information content (AvgIpc) is 3.00. The number of hydrogen-bond donors (Lipinski definition) is 1. The van der Waals surface area contributed by atoms with Gasteiger partial charge >= 0.3 is 0 Å². The molecule has 0 saturated carbocycles. The van der Waals surface area contributed by atoms with Crippen LogP contribution in [-0.4, -0.2) is 24.8 Å². The maximum Gasteiger partial charge on any atom is 0.269 e. The molecule has 0 unspecified atom stereocenters. The molecule has 0 bridgehead atoms. The minimum atomic E-state index is -0.457. The number of benzene rings is 1. The van der Waals surface area contributed by atoms with Gasteiger partial charge in [-0.15, -0.1) is 0 Å². The van der Waals surface area contributed by atoms with Crippen LogP contribution in [0.1, 0.15) is 5.69 Å². The Morgan fingerprint density at radius 1 is 1.23 bits per heavy atom. The second-order valence-corrected chi connectivity index (χ2v) is 4.61. The summed E-state index contributed by atoms with van der Waals surface area (Å²) in [4.78, 5) is 14.3. The average molecular weight is 296 g/mol. The number of nitro groups is 1.